The molecule has 1 fully saturated rings. The number of rotatable bonds is 3. The average molecular weight is 270 g/mol. The fraction of sp³-hybridized carbons (Fsp3) is 0.500. The van der Waals surface area contributed by atoms with Gasteiger partial charge in [0.05, 0.1) is 17.6 Å². The van der Waals surface area contributed by atoms with Crippen molar-refractivity contribution in [2.24, 2.45) is 5.73 Å². The number of sulfonamides is 1. The summed E-state index contributed by atoms with van der Waals surface area (Å²) in [5, 5.41) is 0. The lowest BCUT2D eigenvalue weighted by atomic mass is 10.2. The zero-order valence-electron chi connectivity index (χ0n) is 10.4. The van der Waals surface area contributed by atoms with E-state index in [1.165, 1.54) is 4.31 Å². The van der Waals surface area contributed by atoms with E-state index in [0.29, 0.717) is 31.1 Å². The van der Waals surface area contributed by atoms with Crippen molar-refractivity contribution in [3.8, 4) is 0 Å². The maximum Gasteiger partial charge on any atom is 0.243 e. The molecule has 100 valence electrons. The monoisotopic (exact) mass is 270 g/mol. The predicted octanol–water partition coefficient (Wildman–Crippen LogP) is 0.555. The van der Waals surface area contributed by atoms with E-state index in [2.05, 4.69) is 0 Å². The van der Waals surface area contributed by atoms with E-state index >= 15 is 0 Å². The lowest BCUT2D eigenvalue weighted by molar-refractivity contribution is 0.0102. The van der Waals surface area contributed by atoms with Crippen LogP contribution in [0.4, 0.5) is 0 Å². The second-order valence-electron chi connectivity index (χ2n) is 4.40. The van der Waals surface area contributed by atoms with E-state index in [0.717, 1.165) is 5.56 Å². The minimum Gasteiger partial charge on any atom is -0.376 e. The molecule has 0 saturated carbocycles. The van der Waals surface area contributed by atoms with Crippen molar-refractivity contribution in [3.05, 3.63) is 29.8 Å². The summed E-state index contributed by atoms with van der Waals surface area (Å²) in [6.45, 7) is 3.45. The lowest BCUT2D eigenvalue weighted by Gasteiger charge is -2.30. The van der Waals surface area contributed by atoms with E-state index in [1.54, 1.807) is 18.2 Å². The molecule has 0 bridgehead atoms. The number of hydrogen-bond acceptors (Lipinski definition) is 4. The van der Waals surface area contributed by atoms with Gasteiger partial charge in [-0.05, 0) is 24.6 Å². The molecule has 0 aromatic heterocycles. The minimum atomic E-state index is -3.43. The molecule has 0 radical (unpaired) electrons. The van der Waals surface area contributed by atoms with Gasteiger partial charge in [0.2, 0.25) is 10.0 Å². The van der Waals surface area contributed by atoms with Gasteiger partial charge >= 0.3 is 0 Å². The molecular formula is C12H18N2O3S. The third-order valence-electron chi connectivity index (χ3n) is 2.98. The molecule has 1 atom stereocenters. The van der Waals surface area contributed by atoms with Crippen LogP contribution in [0.3, 0.4) is 0 Å². The highest BCUT2D eigenvalue weighted by molar-refractivity contribution is 7.89. The Hall–Kier alpha value is -0.950. The van der Waals surface area contributed by atoms with E-state index < -0.39 is 10.0 Å². The molecule has 0 aliphatic carbocycles. The lowest BCUT2D eigenvalue weighted by Crippen LogP contribution is -2.44. The van der Waals surface area contributed by atoms with Crippen LogP contribution < -0.4 is 5.73 Å². The molecule has 2 N–H and O–H groups in total. The quantitative estimate of drug-likeness (QED) is 0.871. The van der Waals surface area contributed by atoms with Gasteiger partial charge in [0.1, 0.15) is 0 Å². The van der Waals surface area contributed by atoms with Gasteiger partial charge in [-0.1, -0.05) is 12.1 Å². The van der Waals surface area contributed by atoms with Gasteiger partial charge < -0.3 is 10.5 Å². The van der Waals surface area contributed by atoms with Crippen LogP contribution in [0.15, 0.2) is 29.2 Å². The van der Waals surface area contributed by atoms with Crippen LogP contribution in [0.5, 0.6) is 0 Å². The third-order valence-corrected chi connectivity index (χ3v) is 4.84. The van der Waals surface area contributed by atoms with Gasteiger partial charge in [0, 0.05) is 19.6 Å². The summed E-state index contributed by atoms with van der Waals surface area (Å²) in [6.07, 6.45) is -0.0637. The van der Waals surface area contributed by atoms with E-state index in [4.69, 9.17) is 10.5 Å². The molecule has 1 aromatic carbocycles. The smallest absolute Gasteiger partial charge is 0.243 e. The highest BCUT2D eigenvalue weighted by Gasteiger charge is 2.29. The zero-order valence-corrected chi connectivity index (χ0v) is 11.2. The van der Waals surface area contributed by atoms with Gasteiger partial charge in [-0.15, -0.1) is 0 Å². The van der Waals surface area contributed by atoms with Crippen molar-refractivity contribution in [2.75, 3.05) is 19.7 Å². The summed E-state index contributed by atoms with van der Waals surface area (Å²) in [5.41, 5.74) is 6.35. The summed E-state index contributed by atoms with van der Waals surface area (Å²) in [5.74, 6) is 0. The molecule has 1 unspecified atom stereocenters. The highest BCUT2D eigenvalue weighted by atomic mass is 32.2. The van der Waals surface area contributed by atoms with Crippen LogP contribution in [-0.4, -0.2) is 38.5 Å². The summed E-state index contributed by atoms with van der Waals surface area (Å²) >= 11 is 0. The maximum absolute atomic E-state index is 12.4. The molecule has 18 heavy (non-hydrogen) atoms. The number of hydrogen-bond donors (Lipinski definition) is 1. The van der Waals surface area contributed by atoms with Crippen LogP contribution in [0, 0.1) is 0 Å². The minimum absolute atomic E-state index is 0.0637. The Labute approximate surface area is 108 Å². The van der Waals surface area contributed by atoms with Gasteiger partial charge in [0.25, 0.3) is 0 Å². The van der Waals surface area contributed by atoms with Gasteiger partial charge in [-0.25, -0.2) is 8.42 Å². The van der Waals surface area contributed by atoms with Gasteiger partial charge in [-0.2, -0.15) is 4.31 Å². The summed E-state index contributed by atoms with van der Waals surface area (Å²) in [4.78, 5) is 0.305. The van der Waals surface area contributed by atoms with Gasteiger partial charge in [0.15, 0.2) is 0 Å². The van der Waals surface area contributed by atoms with Crippen molar-refractivity contribution in [3.63, 3.8) is 0 Å². The molecule has 1 saturated heterocycles. The topological polar surface area (TPSA) is 72.6 Å². The van der Waals surface area contributed by atoms with E-state index in [9.17, 15) is 8.42 Å². The predicted molar refractivity (Wildman–Crippen MR) is 68.5 cm³/mol. The highest BCUT2D eigenvalue weighted by Crippen LogP contribution is 2.19. The summed E-state index contributed by atoms with van der Waals surface area (Å²) < 4.78 is 31.7. The van der Waals surface area contributed by atoms with Crippen molar-refractivity contribution >= 4 is 10.0 Å². The van der Waals surface area contributed by atoms with Gasteiger partial charge in [-0.3, -0.25) is 0 Å². The largest absolute Gasteiger partial charge is 0.376 e. The maximum atomic E-state index is 12.4. The molecule has 2 rings (SSSR count). The molecule has 1 heterocycles. The third kappa shape index (κ3) is 2.72. The van der Waals surface area contributed by atoms with Crippen LogP contribution in [0.1, 0.15) is 12.5 Å². The molecule has 6 heteroatoms. The Balaban J connectivity index is 2.29. The zero-order chi connectivity index (χ0) is 13.2. The Morgan fingerprint density at radius 1 is 1.50 bits per heavy atom. The van der Waals surface area contributed by atoms with Crippen LogP contribution >= 0.6 is 0 Å². The van der Waals surface area contributed by atoms with E-state index in [1.807, 2.05) is 13.0 Å². The van der Waals surface area contributed by atoms with Crippen molar-refractivity contribution in [1.82, 2.24) is 4.31 Å². The van der Waals surface area contributed by atoms with Crippen LogP contribution in [-0.2, 0) is 21.3 Å². The van der Waals surface area contributed by atoms with Crippen LogP contribution in [0.2, 0.25) is 0 Å². The first-order chi connectivity index (χ1) is 8.54. The molecule has 1 aromatic rings. The Kier molecular flexibility index (Phi) is 4.01. The standard InChI is InChI=1S/C12H18N2O3S/c1-10-9-14(5-6-17-10)18(15,16)12-4-2-3-11(7-12)8-13/h2-4,7,10H,5-6,8-9,13H2,1H3. The first kappa shape index (κ1) is 13.5. The number of nitrogens with zero attached hydrogens (tertiary/aromatic N) is 1. The molecular weight excluding hydrogens is 252 g/mol. The van der Waals surface area contributed by atoms with E-state index in [-0.39, 0.29) is 6.10 Å². The summed E-state index contributed by atoms with van der Waals surface area (Å²) in [7, 11) is -3.43. The Morgan fingerprint density at radius 3 is 2.94 bits per heavy atom. The molecule has 0 amide bonds. The van der Waals surface area contributed by atoms with Crippen LogP contribution in [0.25, 0.3) is 0 Å². The molecule has 5 nitrogen and oxygen atoms in total. The molecule has 0 spiro atoms. The van der Waals surface area contributed by atoms with Crippen molar-refractivity contribution in [1.29, 1.82) is 0 Å². The van der Waals surface area contributed by atoms with Crippen molar-refractivity contribution < 1.29 is 13.2 Å². The molecule has 1 aliphatic heterocycles. The van der Waals surface area contributed by atoms with Crippen molar-refractivity contribution in [2.45, 2.75) is 24.5 Å². The molecule has 1 aliphatic rings. The first-order valence-electron chi connectivity index (χ1n) is 5.95. The number of nitrogens with two attached hydrogens (primary N) is 1. The summed E-state index contributed by atoms with van der Waals surface area (Å²) in [6, 6.07) is 6.78. The second kappa shape index (κ2) is 5.36. The fourth-order valence-electron chi connectivity index (χ4n) is 1.99. The number of ether oxygens (including phenoxy) is 1. The normalized spacial score (nSPS) is 22.0. The first-order valence-corrected chi connectivity index (χ1v) is 7.39. The average Bonchev–Trinajstić information content (AvgIpc) is 2.39. The number of benzene rings is 1. The Morgan fingerprint density at radius 2 is 2.28 bits per heavy atom. The fourth-order valence-corrected chi connectivity index (χ4v) is 3.56. The SMILES string of the molecule is CC1CN(S(=O)(=O)c2cccc(CN)c2)CCO1. The Bertz CT molecular complexity index is 516. The second-order valence-corrected chi connectivity index (χ2v) is 6.33. The number of morpholine rings is 1.